The quantitative estimate of drug-likeness (QED) is 0.325. The van der Waals surface area contributed by atoms with Crippen molar-refractivity contribution in [2.24, 2.45) is 28.8 Å². The molecule has 2 aromatic rings. The zero-order valence-corrected chi connectivity index (χ0v) is 25.0. The Balaban J connectivity index is 1.17. The average molecular weight is 598 g/mol. The third-order valence-electron chi connectivity index (χ3n) is 10.7. The Morgan fingerprint density at radius 3 is 1.41 bits per heavy atom. The van der Waals surface area contributed by atoms with E-state index >= 15 is 0 Å². The summed E-state index contributed by atoms with van der Waals surface area (Å²) < 4.78 is 58.2. The number of piperidine rings is 2. The van der Waals surface area contributed by atoms with Crippen molar-refractivity contribution in [2.45, 2.75) is 74.0 Å². The van der Waals surface area contributed by atoms with Crippen LogP contribution in [-0.4, -0.2) is 62.5 Å². The number of benzene rings is 2. The molecule has 1 N–H and O–H groups in total. The third kappa shape index (κ3) is 4.65. The summed E-state index contributed by atoms with van der Waals surface area (Å²) in [7, 11) is -7.43. The molecule has 2 saturated heterocycles. The van der Waals surface area contributed by atoms with Gasteiger partial charge in [0.05, 0.1) is 9.79 Å². The minimum Gasteiger partial charge on any atom is -0.410 e. The second-order valence-corrected chi connectivity index (χ2v) is 16.7. The van der Waals surface area contributed by atoms with E-state index in [2.05, 4.69) is 5.16 Å². The molecule has 2 saturated carbocycles. The highest BCUT2D eigenvalue weighted by molar-refractivity contribution is 7.89. The molecule has 2 aliphatic heterocycles. The third-order valence-corrected chi connectivity index (χ3v) is 14.4. The molecule has 2 heterocycles. The maximum Gasteiger partial charge on any atom is 0.243 e. The largest absolute Gasteiger partial charge is 0.410 e. The van der Waals surface area contributed by atoms with Gasteiger partial charge < -0.3 is 5.21 Å². The van der Waals surface area contributed by atoms with E-state index in [0.29, 0.717) is 61.0 Å². The lowest BCUT2D eigenvalue weighted by Gasteiger charge is -2.40. The summed E-state index contributed by atoms with van der Waals surface area (Å²) in [5, 5.41) is 13.6. The molecule has 220 valence electrons. The van der Waals surface area contributed by atoms with Crippen molar-refractivity contribution in [2.75, 3.05) is 26.2 Å². The summed E-state index contributed by atoms with van der Waals surface area (Å²) in [5.41, 5.74) is 2.71. The number of nitrogens with zero attached hydrogens (tertiary/aromatic N) is 3. The second kappa shape index (κ2) is 10.5. The van der Waals surface area contributed by atoms with Gasteiger partial charge in [0.25, 0.3) is 0 Å². The van der Waals surface area contributed by atoms with Crippen molar-refractivity contribution >= 4 is 25.8 Å². The summed E-state index contributed by atoms with van der Waals surface area (Å²) in [6, 6.07) is 9.96. The molecule has 0 spiro atoms. The van der Waals surface area contributed by atoms with E-state index in [0.717, 1.165) is 36.8 Å². The first-order chi connectivity index (χ1) is 19.8. The zero-order valence-electron chi connectivity index (χ0n) is 23.4. The topological polar surface area (TPSA) is 107 Å². The average Bonchev–Trinajstić information content (AvgIpc) is 3.32. The van der Waals surface area contributed by atoms with Crippen molar-refractivity contribution in [3.8, 4) is 11.1 Å². The van der Waals surface area contributed by atoms with Gasteiger partial charge in [-0.15, -0.1) is 0 Å². The molecule has 10 heteroatoms. The van der Waals surface area contributed by atoms with E-state index in [1.165, 1.54) is 38.5 Å². The van der Waals surface area contributed by atoms with Gasteiger partial charge in [0, 0.05) is 37.3 Å². The Morgan fingerprint density at radius 1 is 0.585 bits per heavy atom. The molecule has 7 rings (SSSR count). The standard InChI is InChI=1S/C31H39N3O5S2/c35-32-31-29-17-25(40(36,37)33-15-13-21-5-1-3-7-23(21)19-33)9-11-27(29)28-12-10-26(18-30(28)31)41(38,39)34-16-14-22-6-2-4-8-24(22)20-34/h9-12,17-18,21-24,35H,1-8,13-16,19-20H2. The lowest BCUT2D eigenvalue weighted by atomic mass is 9.76. The molecule has 5 aliphatic rings. The van der Waals surface area contributed by atoms with Gasteiger partial charge in [-0.1, -0.05) is 55.8 Å². The molecule has 0 radical (unpaired) electrons. The van der Waals surface area contributed by atoms with Gasteiger partial charge in [-0.3, -0.25) is 0 Å². The van der Waals surface area contributed by atoms with Crippen LogP contribution in [-0.2, 0) is 20.0 Å². The van der Waals surface area contributed by atoms with Crippen LogP contribution in [0.25, 0.3) is 11.1 Å². The fourth-order valence-corrected chi connectivity index (χ4v) is 11.4. The maximum atomic E-state index is 13.7. The summed E-state index contributed by atoms with van der Waals surface area (Å²) >= 11 is 0. The van der Waals surface area contributed by atoms with E-state index in [-0.39, 0.29) is 15.5 Å². The van der Waals surface area contributed by atoms with Crippen LogP contribution < -0.4 is 0 Å². The Morgan fingerprint density at radius 2 is 1.00 bits per heavy atom. The minimum absolute atomic E-state index is 0.183. The molecule has 0 bridgehead atoms. The van der Waals surface area contributed by atoms with Crippen LogP contribution in [0.5, 0.6) is 0 Å². The summed E-state index contributed by atoms with van der Waals surface area (Å²) in [6.07, 6.45) is 11.2. The molecule has 4 fully saturated rings. The smallest absolute Gasteiger partial charge is 0.243 e. The van der Waals surface area contributed by atoms with E-state index in [1.54, 1.807) is 45.0 Å². The fourth-order valence-electron chi connectivity index (χ4n) is 8.35. The highest BCUT2D eigenvalue weighted by atomic mass is 32.2. The highest BCUT2D eigenvalue weighted by Gasteiger charge is 2.39. The zero-order chi connectivity index (χ0) is 28.4. The summed E-state index contributed by atoms with van der Waals surface area (Å²) in [6.45, 7) is 2.18. The first-order valence-corrected chi connectivity index (χ1v) is 18.2. The van der Waals surface area contributed by atoms with Crippen molar-refractivity contribution in [1.29, 1.82) is 0 Å². The lowest BCUT2D eigenvalue weighted by Crippen LogP contribution is -2.44. The second-order valence-electron chi connectivity index (χ2n) is 12.8. The lowest BCUT2D eigenvalue weighted by molar-refractivity contribution is 0.136. The summed E-state index contributed by atoms with van der Waals surface area (Å²) in [5.74, 6) is 2.09. The summed E-state index contributed by atoms with van der Waals surface area (Å²) in [4.78, 5) is 0.366. The molecule has 4 atom stereocenters. The van der Waals surface area contributed by atoms with Crippen LogP contribution in [0.1, 0.15) is 75.3 Å². The van der Waals surface area contributed by atoms with Crippen molar-refractivity contribution in [3.63, 3.8) is 0 Å². The van der Waals surface area contributed by atoms with Gasteiger partial charge in [-0.25, -0.2) is 16.8 Å². The fraction of sp³-hybridized carbons (Fsp3) is 0.581. The molecule has 2 aromatic carbocycles. The number of sulfonamides is 2. The van der Waals surface area contributed by atoms with Gasteiger partial charge in [-0.05, 0) is 84.7 Å². The first-order valence-electron chi connectivity index (χ1n) is 15.3. The van der Waals surface area contributed by atoms with Crippen LogP contribution in [0.4, 0.5) is 0 Å². The van der Waals surface area contributed by atoms with Crippen molar-refractivity contribution in [1.82, 2.24) is 8.61 Å². The van der Waals surface area contributed by atoms with Crippen LogP contribution in [0, 0.1) is 23.7 Å². The van der Waals surface area contributed by atoms with Crippen LogP contribution >= 0.6 is 0 Å². The van der Waals surface area contributed by atoms with Crippen LogP contribution in [0.3, 0.4) is 0 Å². The Hall–Kier alpha value is -2.27. The van der Waals surface area contributed by atoms with E-state index in [9.17, 15) is 22.0 Å². The van der Waals surface area contributed by atoms with E-state index in [1.807, 2.05) is 0 Å². The molecule has 41 heavy (non-hydrogen) atoms. The van der Waals surface area contributed by atoms with Crippen molar-refractivity contribution in [3.05, 3.63) is 47.5 Å². The van der Waals surface area contributed by atoms with Crippen molar-refractivity contribution < 1.29 is 22.0 Å². The molecular formula is C31H39N3O5S2. The van der Waals surface area contributed by atoms with Gasteiger partial charge in [0.1, 0.15) is 5.71 Å². The molecule has 3 aliphatic carbocycles. The molecule has 0 amide bonds. The Labute approximate surface area is 243 Å². The van der Waals surface area contributed by atoms with Gasteiger partial charge in [-0.2, -0.15) is 8.61 Å². The Kier molecular flexibility index (Phi) is 7.04. The van der Waals surface area contributed by atoms with Gasteiger partial charge >= 0.3 is 0 Å². The van der Waals surface area contributed by atoms with Crippen LogP contribution in [0.2, 0.25) is 0 Å². The monoisotopic (exact) mass is 597 g/mol. The van der Waals surface area contributed by atoms with Gasteiger partial charge in [0.2, 0.25) is 20.0 Å². The molecule has 0 aromatic heterocycles. The number of hydrogen-bond acceptors (Lipinski definition) is 6. The number of fused-ring (bicyclic) bond motifs is 5. The normalized spacial score (nSPS) is 28.8. The maximum absolute atomic E-state index is 13.7. The number of hydrogen-bond donors (Lipinski definition) is 1. The molecule has 8 nitrogen and oxygen atoms in total. The van der Waals surface area contributed by atoms with E-state index in [4.69, 9.17) is 0 Å². The molecular weight excluding hydrogens is 558 g/mol. The number of oxime groups is 1. The highest BCUT2D eigenvalue weighted by Crippen LogP contribution is 2.42. The predicted octanol–water partition coefficient (Wildman–Crippen LogP) is 5.30. The minimum atomic E-state index is -3.71. The predicted molar refractivity (Wildman–Crippen MR) is 157 cm³/mol. The van der Waals surface area contributed by atoms with Gasteiger partial charge in [0.15, 0.2) is 0 Å². The van der Waals surface area contributed by atoms with Crippen LogP contribution in [0.15, 0.2) is 51.3 Å². The number of rotatable bonds is 4. The first kappa shape index (κ1) is 27.6. The SMILES string of the molecule is O=S(=O)(c1ccc2c(c1)C(=NO)c1cc(S(=O)(=O)N3CCC4CCCCC4C3)ccc1-2)N1CCC2CCCCC2C1. The molecule has 4 unspecified atom stereocenters. The Bertz CT molecular complexity index is 1490. The van der Waals surface area contributed by atoms with E-state index < -0.39 is 20.0 Å².